The van der Waals surface area contributed by atoms with Crippen molar-refractivity contribution in [1.29, 1.82) is 0 Å². The number of anilines is 1. The van der Waals surface area contributed by atoms with Gasteiger partial charge in [0.2, 0.25) is 5.91 Å². The molecule has 5 heterocycles. The molecule has 0 atom stereocenters. The van der Waals surface area contributed by atoms with Crippen LogP contribution in [0.5, 0.6) is 0 Å². The normalized spacial score (nSPS) is 15.0. The highest BCUT2D eigenvalue weighted by Gasteiger charge is 2.26. The Morgan fingerprint density at radius 1 is 1.14 bits per heavy atom. The van der Waals surface area contributed by atoms with Crippen LogP contribution in [0.1, 0.15) is 30.0 Å². The Labute approximate surface area is 201 Å². The number of aromatic nitrogens is 5. The van der Waals surface area contributed by atoms with Gasteiger partial charge in [-0.2, -0.15) is 9.61 Å². The number of nitrogens with zero attached hydrogens (tertiary/aromatic N) is 6. The summed E-state index contributed by atoms with van der Waals surface area (Å²) in [6.45, 7) is 4.88. The van der Waals surface area contributed by atoms with E-state index in [2.05, 4.69) is 46.0 Å². The minimum absolute atomic E-state index is 0.194. The van der Waals surface area contributed by atoms with Crippen molar-refractivity contribution < 1.29 is 9.90 Å². The topological polar surface area (TPSA) is 115 Å². The zero-order valence-electron chi connectivity index (χ0n) is 19.8. The quantitative estimate of drug-likeness (QED) is 0.419. The molecule has 1 amide bonds. The second-order valence-corrected chi connectivity index (χ2v) is 9.40. The lowest BCUT2D eigenvalue weighted by atomic mass is 10.0. The third kappa shape index (κ3) is 3.42. The molecule has 0 bridgehead atoms. The molecule has 0 saturated carbocycles. The van der Waals surface area contributed by atoms with E-state index in [-0.39, 0.29) is 11.9 Å². The van der Waals surface area contributed by atoms with Gasteiger partial charge >= 0.3 is 0 Å². The maximum Gasteiger partial charge on any atom is 0.248 e. The first-order valence-electron chi connectivity index (χ1n) is 11.8. The van der Waals surface area contributed by atoms with E-state index >= 15 is 0 Å². The number of aryl methyl sites for hydroxylation is 2. The van der Waals surface area contributed by atoms with Crippen molar-refractivity contribution in [2.24, 2.45) is 0 Å². The van der Waals surface area contributed by atoms with Gasteiger partial charge in [-0.25, -0.2) is 4.98 Å². The summed E-state index contributed by atoms with van der Waals surface area (Å²) >= 11 is 0. The number of nitrogen functional groups attached to an aromatic ring is 1. The smallest absolute Gasteiger partial charge is 0.248 e. The van der Waals surface area contributed by atoms with Crippen LogP contribution in [-0.4, -0.2) is 59.8 Å². The average Bonchev–Trinajstić information content (AvgIpc) is 3.45. The Morgan fingerprint density at radius 3 is 2.71 bits per heavy atom. The Bertz CT molecular complexity index is 1610. The fourth-order valence-electron chi connectivity index (χ4n) is 5.28. The maximum absolute atomic E-state index is 11.9. The number of aliphatic hydroxyl groups is 1. The molecule has 0 aliphatic carbocycles. The number of pyridine rings is 1. The predicted molar refractivity (Wildman–Crippen MR) is 135 cm³/mol. The molecule has 178 valence electrons. The molecular weight excluding hydrogens is 442 g/mol. The summed E-state index contributed by atoms with van der Waals surface area (Å²) in [5, 5.41) is 15.7. The van der Waals surface area contributed by atoms with Crippen molar-refractivity contribution in [2.45, 2.75) is 32.7 Å². The molecule has 1 fully saturated rings. The van der Waals surface area contributed by atoms with Crippen molar-refractivity contribution in [2.75, 3.05) is 25.4 Å². The highest BCUT2D eigenvalue weighted by molar-refractivity contribution is 5.95. The Balaban J connectivity index is 1.46. The molecule has 0 spiro atoms. The monoisotopic (exact) mass is 469 g/mol. The Morgan fingerprint density at radius 2 is 1.94 bits per heavy atom. The van der Waals surface area contributed by atoms with Gasteiger partial charge in [-0.3, -0.25) is 9.78 Å². The number of carbonyl (C=O) groups excluding carboxylic acids is 1. The molecule has 3 N–H and O–H groups in total. The second-order valence-electron chi connectivity index (χ2n) is 9.40. The molecule has 35 heavy (non-hydrogen) atoms. The fourth-order valence-corrected chi connectivity index (χ4v) is 5.28. The van der Waals surface area contributed by atoms with Crippen LogP contribution in [0.2, 0.25) is 0 Å². The van der Waals surface area contributed by atoms with E-state index in [9.17, 15) is 9.90 Å². The van der Waals surface area contributed by atoms with E-state index < -0.39 is 6.61 Å². The van der Waals surface area contributed by atoms with Gasteiger partial charge in [-0.15, -0.1) is 0 Å². The average molecular weight is 470 g/mol. The van der Waals surface area contributed by atoms with Crippen LogP contribution in [0.3, 0.4) is 0 Å². The van der Waals surface area contributed by atoms with Crippen molar-refractivity contribution in [1.82, 2.24) is 29.0 Å². The number of rotatable bonds is 3. The second kappa shape index (κ2) is 8.06. The van der Waals surface area contributed by atoms with Gasteiger partial charge in [0, 0.05) is 48.0 Å². The number of piperidine rings is 1. The first-order chi connectivity index (χ1) is 16.9. The van der Waals surface area contributed by atoms with Gasteiger partial charge in [0.1, 0.15) is 18.1 Å². The lowest BCUT2D eigenvalue weighted by Crippen LogP contribution is -2.40. The van der Waals surface area contributed by atoms with Crippen molar-refractivity contribution >= 4 is 39.3 Å². The highest BCUT2D eigenvalue weighted by Crippen LogP contribution is 2.35. The molecule has 5 aromatic rings. The van der Waals surface area contributed by atoms with E-state index in [1.807, 2.05) is 19.2 Å². The van der Waals surface area contributed by atoms with E-state index in [4.69, 9.17) is 10.7 Å². The Hall–Kier alpha value is -3.98. The van der Waals surface area contributed by atoms with Crippen molar-refractivity contribution in [3.05, 3.63) is 54.0 Å². The van der Waals surface area contributed by atoms with Gasteiger partial charge < -0.3 is 20.3 Å². The van der Waals surface area contributed by atoms with Gasteiger partial charge in [0.15, 0.2) is 5.65 Å². The summed E-state index contributed by atoms with van der Waals surface area (Å²) in [5.74, 6) is 0.342. The van der Waals surface area contributed by atoms with Gasteiger partial charge in [-0.1, -0.05) is 11.6 Å². The lowest BCUT2D eigenvalue weighted by Gasteiger charge is -2.32. The van der Waals surface area contributed by atoms with Gasteiger partial charge in [-0.05, 0) is 50.5 Å². The van der Waals surface area contributed by atoms with E-state index in [0.717, 1.165) is 51.5 Å². The van der Waals surface area contributed by atoms with Crippen LogP contribution >= 0.6 is 0 Å². The molecule has 1 aliphatic rings. The molecule has 1 aromatic carbocycles. The summed E-state index contributed by atoms with van der Waals surface area (Å²) in [4.78, 5) is 23.3. The molecule has 4 aromatic heterocycles. The van der Waals surface area contributed by atoms with Crippen LogP contribution in [0.25, 0.3) is 38.7 Å². The zero-order valence-corrected chi connectivity index (χ0v) is 19.8. The number of hydrogen-bond acceptors (Lipinski definition) is 6. The third-order valence-corrected chi connectivity index (χ3v) is 7.13. The number of hydrogen-bond donors (Lipinski definition) is 2. The van der Waals surface area contributed by atoms with Crippen molar-refractivity contribution in [3.8, 4) is 11.1 Å². The van der Waals surface area contributed by atoms with E-state index in [1.54, 1.807) is 15.6 Å². The third-order valence-electron chi connectivity index (χ3n) is 7.13. The maximum atomic E-state index is 11.9. The number of aliphatic hydroxyl groups excluding tert-OH is 1. The standard InChI is InChI=1S/C26H27N7O2/c1-15-3-4-21-17(9-15)10-18(11-28-21)20-12-29-33-24(27)23-16(2)13-32(26(23)30-25(20)33)19-5-7-31(8-6-19)22(35)14-34/h3-4,9-13,19,34H,5-8,14,27H2,1-2H3. The lowest BCUT2D eigenvalue weighted by molar-refractivity contribution is -0.135. The van der Waals surface area contributed by atoms with Gasteiger partial charge in [0.05, 0.1) is 17.1 Å². The molecule has 1 saturated heterocycles. The van der Waals surface area contributed by atoms with Crippen LogP contribution in [0.15, 0.2) is 42.9 Å². The van der Waals surface area contributed by atoms with Crippen LogP contribution in [0.4, 0.5) is 5.82 Å². The minimum atomic E-state index is -0.445. The van der Waals surface area contributed by atoms with E-state index in [0.29, 0.717) is 24.6 Å². The molecule has 6 rings (SSSR count). The first kappa shape index (κ1) is 21.5. The fraction of sp³-hybridized carbons (Fsp3) is 0.308. The molecule has 9 heteroatoms. The SMILES string of the molecule is Cc1ccc2ncc(-c3cnn4c(N)c5c(C)cn(C6CCN(C(=O)CO)CC6)c5nc34)cc2c1. The van der Waals surface area contributed by atoms with E-state index in [1.165, 1.54) is 5.56 Å². The largest absolute Gasteiger partial charge is 0.387 e. The van der Waals surface area contributed by atoms with Crippen LogP contribution in [-0.2, 0) is 4.79 Å². The number of nitrogens with two attached hydrogens (primary N) is 1. The Kier molecular flexibility index (Phi) is 4.96. The predicted octanol–water partition coefficient (Wildman–Crippen LogP) is 3.25. The number of carbonyl (C=O) groups is 1. The minimum Gasteiger partial charge on any atom is -0.387 e. The molecular formula is C26H27N7O2. The highest BCUT2D eigenvalue weighted by atomic mass is 16.3. The number of amides is 1. The van der Waals surface area contributed by atoms with Crippen LogP contribution < -0.4 is 5.73 Å². The summed E-state index contributed by atoms with van der Waals surface area (Å²) < 4.78 is 3.90. The molecule has 0 radical (unpaired) electrons. The summed E-state index contributed by atoms with van der Waals surface area (Å²) in [6.07, 6.45) is 7.34. The summed E-state index contributed by atoms with van der Waals surface area (Å²) in [5.41, 5.74) is 13.1. The summed E-state index contributed by atoms with van der Waals surface area (Å²) in [6, 6.07) is 8.52. The van der Waals surface area contributed by atoms with Crippen molar-refractivity contribution in [3.63, 3.8) is 0 Å². The number of fused-ring (bicyclic) bond motifs is 3. The molecule has 0 unspecified atom stereocenters. The number of likely N-dealkylation sites (tertiary alicyclic amines) is 1. The molecule has 1 aliphatic heterocycles. The summed E-state index contributed by atoms with van der Waals surface area (Å²) in [7, 11) is 0. The van der Waals surface area contributed by atoms with Crippen LogP contribution in [0, 0.1) is 13.8 Å². The first-order valence-corrected chi connectivity index (χ1v) is 11.8. The van der Waals surface area contributed by atoms with Gasteiger partial charge in [0.25, 0.3) is 0 Å². The zero-order chi connectivity index (χ0) is 24.3. The molecule has 9 nitrogen and oxygen atoms in total. The number of benzene rings is 1.